The van der Waals surface area contributed by atoms with Gasteiger partial charge in [-0.15, -0.1) is 0 Å². The molecule has 0 unspecified atom stereocenters. The van der Waals surface area contributed by atoms with E-state index in [-0.39, 0.29) is 37.4 Å². The number of nitrogens with zero attached hydrogens (tertiary/aromatic N) is 6. The van der Waals surface area contributed by atoms with Crippen LogP contribution >= 0.6 is 0 Å². The number of pyridine rings is 1. The number of aromatic amines is 1. The lowest BCUT2D eigenvalue weighted by atomic mass is 9.92. The smallest absolute Gasteiger partial charge is 0.303 e. The van der Waals surface area contributed by atoms with Gasteiger partial charge in [0.1, 0.15) is 5.52 Å². The summed E-state index contributed by atoms with van der Waals surface area (Å²) in [6, 6.07) is 5.08. The van der Waals surface area contributed by atoms with E-state index in [4.69, 9.17) is 5.26 Å². The van der Waals surface area contributed by atoms with Crippen LogP contribution in [0.5, 0.6) is 0 Å². The summed E-state index contributed by atoms with van der Waals surface area (Å²) in [6.07, 6.45) is 4.69. The fourth-order valence-corrected chi connectivity index (χ4v) is 3.89. The van der Waals surface area contributed by atoms with E-state index in [0.717, 1.165) is 0 Å². The van der Waals surface area contributed by atoms with Crippen molar-refractivity contribution in [3.05, 3.63) is 46.8 Å². The van der Waals surface area contributed by atoms with Crippen molar-refractivity contribution in [2.24, 2.45) is 0 Å². The molecule has 0 bridgehead atoms. The normalized spacial score (nSPS) is 17.0. The molecule has 1 saturated carbocycles. The molecular weight excluding hydrogens is 380 g/mol. The quantitative estimate of drug-likeness (QED) is 0.562. The van der Waals surface area contributed by atoms with Crippen molar-refractivity contribution in [1.29, 1.82) is 5.26 Å². The highest BCUT2D eigenvalue weighted by atomic mass is 19.3. The second-order valence-corrected chi connectivity index (χ2v) is 7.23. The maximum atomic E-state index is 13.5. The van der Waals surface area contributed by atoms with Crippen LogP contribution in [0, 0.1) is 11.3 Å². The van der Waals surface area contributed by atoms with Crippen molar-refractivity contribution < 1.29 is 8.78 Å². The van der Waals surface area contributed by atoms with Crippen molar-refractivity contribution in [2.45, 2.75) is 37.6 Å². The van der Waals surface area contributed by atoms with Crippen molar-refractivity contribution in [3.63, 3.8) is 0 Å². The molecule has 0 aliphatic heterocycles. The van der Waals surface area contributed by atoms with E-state index in [0.29, 0.717) is 33.6 Å². The van der Waals surface area contributed by atoms with Gasteiger partial charge in [-0.25, -0.2) is 28.1 Å². The topological polar surface area (TPSA) is 105 Å². The summed E-state index contributed by atoms with van der Waals surface area (Å²) in [6.45, 7) is 0. The first-order valence-corrected chi connectivity index (χ1v) is 9.18. The van der Waals surface area contributed by atoms with Gasteiger partial charge in [-0.05, 0) is 25.0 Å². The fourth-order valence-electron chi connectivity index (χ4n) is 3.89. The minimum atomic E-state index is -2.68. The molecule has 29 heavy (non-hydrogen) atoms. The third-order valence-electron chi connectivity index (χ3n) is 5.40. The summed E-state index contributed by atoms with van der Waals surface area (Å²) in [5, 5.41) is 13.4. The molecule has 4 aromatic heterocycles. The van der Waals surface area contributed by atoms with Crippen molar-refractivity contribution in [2.75, 3.05) is 0 Å². The molecule has 0 amide bonds. The standard InChI is InChI=1S/C19H15F2N7O/c20-19(21)4-1-12(2-5-19)28-17-14(25-18(28)29)10-23-16(26-17)13-9-24-27-6-3-11(8-22)7-15(13)27/h3,6-7,9-10,12H,1-2,4-5H2,(H,25,29). The number of fused-ring (bicyclic) bond motifs is 2. The van der Waals surface area contributed by atoms with Crippen LogP contribution in [0.3, 0.4) is 0 Å². The van der Waals surface area contributed by atoms with Crippen LogP contribution in [0.25, 0.3) is 28.1 Å². The van der Waals surface area contributed by atoms with Crippen molar-refractivity contribution >= 4 is 16.7 Å². The van der Waals surface area contributed by atoms with E-state index >= 15 is 0 Å². The van der Waals surface area contributed by atoms with E-state index in [1.807, 2.05) is 0 Å². The first kappa shape index (κ1) is 17.5. The molecule has 1 aliphatic rings. The largest absolute Gasteiger partial charge is 0.327 e. The Morgan fingerprint density at radius 1 is 1.28 bits per heavy atom. The number of hydrogen-bond acceptors (Lipinski definition) is 5. The Labute approximate surface area is 162 Å². The second kappa shape index (κ2) is 6.20. The number of aromatic nitrogens is 6. The predicted octanol–water partition coefficient (Wildman–Crippen LogP) is 3.06. The van der Waals surface area contributed by atoms with Crippen LogP contribution in [-0.2, 0) is 0 Å². The van der Waals surface area contributed by atoms with E-state index in [9.17, 15) is 13.6 Å². The number of alkyl halides is 2. The van der Waals surface area contributed by atoms with Crippen LogP contribution in [-0.4, -0.2) is 35.1 Å². The van der Waals surface area contributed by atoms with Gasteiger partial charge in [0.15, 0.2) is 11.5 Å². The molecule has 0 saturated heterocycles. The van der Waals surface area contributed by atoms with Crippen LogP contribution in [0.15, 0.2) is 35.5 Å². The average Bonchev–Trinajstić information content (AvgIpc) is 3.27. The molecule has 8 nitrogen and oxygen atoms in total. The summed E-state index contributed by atoms with van der Waals surface area (Å²) < 4.78 is 30.2. The van der Waals surface area contributed by atoms with E-state index < -0.39 is 5.92 Å². The fraction of sp³-hybridized carbons (Fsp3) is 0.316. The SMILES string of the molecule is N#Cc1ccn2ncc(-c3ncc4[nH]c(=O)n(C5CCC(F)(F)CC5)c4n3)c2c1. The minimum absolute atomic E-state index is 0.210. The molecule has 0 spiro atoms. The molecule has 0 atom stereocenters. The zero-order chi connectivity index (χ0) is 20.2. The lowest BCUT2D eigenvalue weighted by Crippen LogP contribution is -2.30. The Morgan fingerprint density at radius 2 is 2.07 bits per heavy atom. The summed E-state index contributed by atoms with van der Waals surface area (Å²) in [5.41, 5.74) is 2.19. The van der Waals surface area contributed by atoms with Gasteiger partial charge in [0.25, 0.3) is 0 Å². The van der Waals surface area contributed by atoms with Crippen LogP contribution in [0.1, 0.15) is 37.3 Å². The van der Waals surface area contributed by atoms with Gasteiger partial charge in [-0.3, -0.25) is 4.57 Å². The highest BCUT2D eigenvalue weighted by Gasteiger charge is 2.36. The molecule has 5 rings (SSSR count). The van der Waals surface area contributed by atoms with Gasteiger partial charge in [-0.1, -0.05) is 0 Å². The molecule has 0 radical (unpaired) electrons. The monoisotopic (exact) mass is 395 g/mol. The zero-order valence-corrected chi connectivity index (χ0v) is 15.1. The third-order valence-corrected chi connectivity index (χ3v) is 5.40. The number of imidazole rings is 1. The molecule has 4 aromatic rings. The number of halogens is 2. The number of rotatable bonds is 2. The third kappa shape index (κ3) is 2.86. The Hall–Kier alpha value is -3.61. The van der Waals surface area contributed by atoms with Crippen LogP contribution in [0.4, 0.5) is 8.78 Å². The molecule has 1 fully saturated rings. The van der Waals surface area contributed by atoms with Gasteiger partial charge in [-0.2, -0.15) is 10.4 Å². The highest BCUT2D eigenvalue weighted by Crippen LogP contribution is 2.38. The van der Waals surface area contributed by atoms with Gasteiger partial charge in [0.2, 0.25) is 5.92 Å². The molecule has 1 aliphatic carbocycles. The number of nitriles is 1. The molecule has 0 aromatic carbocycles. The van der Waals surface area contributed by atoms with Gasteiger partial charge >= 0.3 is 5.69 Å². The molecule has 146 valence electrons. The van der Waals surface area contributed by atoms with Gasteiger partial charge < -0.3 is 4.98 Å². The minimum Gasteiger partial charge on any atom is -0.303 e. The second-order valence-electron chi connectivity index (χ2n) is 7.23. The van der Waals surface area contributed by atoms with Gasteiger partial charge in [0, 0.05) is 25.1 Å². The molecular formula is C19H15F2N7O. The number of H-pyrrole nitrogens is 1. The van der Waals surface area contributed by atoms with Gasteiger partial charge in [0.05, 0.1) is 35.1 Å². The summed E-state index contributed by atoms with van der Waals surface area (Å²) >= 11 is 0. The maximum absolute atomic E-state index is 13.5. The first-order valence-electron chi connectivity index (χ1n) is 9.18. The lowest BCUT2D eigenvalue weighted by Gasteiger charge is -2.28. The van der Waals surface area contributed by atoms with Crippen LogP contribution in [0.2, 0.25) is 0 Å². The zero-order valence-electron chi connectivity index (χ0n) is 15.1. The average molecular weight is 395 g/mol. The number of nitrogens with one attached hydrogen (secondary N) is 1. The summed E-state index contributed by atoms with van der Waals surface area (Å²) in [5.74, 6) is -2.33. The molecule has 1 N–H and O–H groups in total. The molecule has 10 heteroatoms. The maximum Gasteiger partial charge on any atom is 0.327 e. The Bertz CT molecular complexity index is 1330. The Morgan fingerprint density at radius 3 is 2.83 bits per heavy atom. The van der Waals surface area contributed by atoms with E-state index in [1.165, 1.54) is 10.8 Å². The lowest BCUT2D eigenvalue weighted by molar-refractivity contribution is -0.0439. The van der Waals surface area contributed by atoms with Crippen molar-refractivity contribution in [1.82, 2.24) is 29.1 Å². The first-order chi connectivity index (χ1) is 13.9. The Balaban J connectivity index is 1.63. The van der Waals surface area contributed by atoms with Crippen LogP contribution < -0.4 is 5.69 Å². The molecule has 4 heterocycles. The summed E-state index contributed by atoms with van der Waals surface area (Å²) in [7, 11) is 0. The number of hydrogen-bond donors (Lipinski definition) is 1. The van der Waals surface area contributed by atoms with E-state index in [2.05, 4.69) is 26.1 Å². The van der Waals surface area contributed by atoms with Crippen molar-refractivity contribution in [3.8, 4) is 17.5 Å². The summed E-state index contributed by atoms with van der Waals surface area (Å²) in [4.78, 5) is 24.1. The predicted molar refractivity (Wildman–Crippen MR) is 99.5 cm³/mol. The van der Waals surface area contributed by atoms with E-state index in [1.54, 1.807) is 29.0 Å². The Kier molecular flexibility index (Phi) is 3.74. The highest BCUT2D eigenvalue weighted by molar-refractivity contribution is 5.80.